The van der Waals surface area contributed by atoms with E-state index in [-0.39, 0.29) is 50.3 Å². The van der Waals surface area contributed by atoms with Gasteiger partial charge in [0.15, 0.2) is 0 Å². The number of nitrogens with one attached hydrogen (secondary N) is 1. The maximum atomic E-state index is 13.1. The molecule has 5 nitrogen and oxygen atoms in total. The number of thioether (sulfide) groups is 2. The van der Waals surface area contributed by atoms with Crippen LogP contribution < -0.4 is 5.32 Å². The van der Waals surface area contributed by atoms with Crippen LogP contribution in [-0.4, -0.2) is 50.0 Å². The van der Waals surface area contributed by atoms with Gasteiger partial charge in [-0.15, -0.1) is 23.5 Å². The van der Waals surface area contributed by atoms with Crippen LogP contribution in [-0.2, 0) is 11.2 Å². The van der Waals surface area contributed by atoms with Crippen molar-refractivity contribution in [1.29, 1.82) is 0 Å². The van der Waals surface area contributed by atoms with E-state index in [0.29, 0.717) is 18.4 Å². The molecule has 3 atom stereocenters. The fourth-order valence-electron chi connectivity index (χ4n) is 3.79. The first kappa shape index (κ1) is 21.0. The van der Waals surface area contributed by atoms with Gasteiger partial charge in [-0.1, -0.05) is 35.9 Å². The van der Waals surface area contributed by atoms with Crippen molar-refractivity contribution in [1.82, 2.24) is 5.32 Å². The summed E-state index contributed by atoms with van der Waals surface area (Å²) in [7, 11) is 0. The molecule has 156 valence electrons. The highest BCUT2D eigenvalue weighted by atomic mass is 35.5. The van der Waals surface area contributed by atoms with Crippen LogP contribution in [0, 0.1) is 0 Å². The Morgan fingerprint density at radius 3 is 2.76 bits per heavy atom. The van der Waals surface area contributed by atoms with Crippen LogP contribution in [0.2, 0.25) is 5.02 Å². The molecule has 1 amide bonds. The summed E-state index contributed by atoms with van der Waals surface area (Å²) in [5, 5.41) is 23.8. The van der Waals surface area contributed by atoms with E-state index in [9.17, 15) is 15.0 Å². The Labute approximate surface area is 183 Å². The first-order valence-electron chi connectivity index (χ1n) is 9.72. The van der Waals surface area contributed by atoms with Crippen molar-refractivity contribution in [3.63, 3.8) is 0 Å². The number of allylic oxidation sites excluding steroid dienone is 2. The van der Waals surface area contributed by atoms with Gasteiger partial charge >= 0.3 is 0 Å². The fraction of sp³-hybridized carbons (Fsp3) is 0.476. The third-order valence-electron chi connectivity index (χ3n) is 5.30. The van der Waals surface area contributed by atoms with Gasteiger partial charge in [0.25, 0.3) is 5.91 Å². The average molecular weight is 454 g/mol. The van der Waals surface area contributed by atoms with Crippen molar-refractivity contribution in [3.8, 4) is 11.5 Å². The third-order valence-corrected chi connectivity index (χ3v) is 8.95. The molecule has 0 radical (unpaired) electrons. The average Bonchev–Trinajstić information content (AvgIpc) is 3.40. The van der Waals surface area contributed by atoms with E-state index >= 15 is 0 Å². The topological polar surface area (TPSA) is 82.1 Å². The SMILES string of the molecule is C[C@@H]1CC2O[C@@H]2C=CC=CC2(Cc3c(Cl)c(O)cc(O)c3C(=O)N1)SCCCS2. The molecule has 1 aromatic carbocycles. The highest BCUT2D eigenvalue weighted by molar-refractivity contribution is 8.19. The van der Waals surface area contributed by atoms with Gasteiger partial charge in [-0.2, -0.15) is 0 Å². The number of aromatic hydroxyl groups is 2. The molecule has 2 saturated heterocycles. The molecule has 3 aliphatic rings. The number of phenolic OH excluding ortho intramolecular Hbond substituents is 2. The predicted octanol–water partition coefficient (Wildman–Crippen LogP) is 4.26. The summed E-state index contributed by atoms with van der Waals surface area (Å²) in [6.07, 6.45) is 10.6. The molecular formula is C21H24ClNO4S2. The number of benzene rings is 1. The Kier molecular flexibility index (Phi) is 6.11. The molecule has 8 heteroatoms. The molecule has 2 fully saturated rings. The van der Waals surface area contributed by atoms with E-state index in [1.807, 2.05) is 25.2 Å². The Morgan fingerprint density at radius 1 is 1.24 bits per heavy atom. The van der Waals surface area contributed by atoms with Crippen molar-refractivity contribution in [3.05, 3.63) is 46.5 Å². The normalized spacial score (nSPS) is 28.9. The van der Waals surface area contributed by atoms with Crippen LogP contribution >= 0.6 is 35.1 Å². The summed E-state index contributed by atoms with van der Waals surface area (Å²) < 4.78 is 5.35. The predicted molar refractivity (Wildman–Crippen MR) is 119 cm³/mol. The van der Waals surface area contributed by atoms with Gasteiger partial charge in [-0.25, -0.2) is 0 Å². The number of halogens is 1. The first-order chi connectivity index (χ1) is 13.9. The minimum atomic E-state index is -0.387. The largest absolute Gasteiger partial charge is 0.507 e. The zero-order valence-electron chi connectivity index (χ0n) is 16.1. The van der Waals surface area contributed by atoms with Gasteiger partial charge in [0.1, 0.15) is 17.6 Å². The molecule has 3 N–H and O–H groups in total. The van der Waals surface area contributed by atoms with Crippen molar-refractivity contribution >= 4 is 41.0 Å². The molecule has 0 bridgehead atoms. The zero-order valence-corrected chi connectivity index (χ0v) is 18.4. The lowest BCUT2D eigenvalue weighted by Crippen LogP contribution is -2.35. The molecule has 1 spiro atoms. The van der Waals surface area contributed by atoms with Gasteiger partial charge in [0, 0.05) is 18.5 Å². The van der Waals surface area contributed by atoms with Gasteiger partial charge in [0.2, 0.25) is 0 Å². The van der Waals surface area contributed by atoms with Crippen LogP contribution in [0.25, 0.3) is 0 Å². The quantitative estimate of drug-likeness (QED) is 0.509. The molecule has 0 saturated carbocycles. The molecule has 3 heterocycles. The first-order valence-corrected chi connectivity index (χ1v) is 12.1. The highest BCUT2D eigenvalue weighted by Crippen LogP contribution is 2.49. The van der Waals surface area contributed by atoms with Crippen LogP contribution in [0.15, 0.2) is 30.4 Å². The van der Waals surface area contributed by atoms with Crippen molar-refractivity contribution < 1.29 is 19.7 Å². The molecule has 1 unspecified atom stereocenters. The molecule has 29 heavy (non-hydrogen) atoms. The van der Waals surface area contributed by atoms with E-state index in [0.717, 1.165) is 24.0 Å². The molecular weight excluding hydrogens is 430 g/mol. The number of rotatable bonds is 0. The summed E-state index contributed by atoms with van der Waals surface area (Å²) in [4.78, 5) is 13.1. The lowest BCUT2D eigenvalue weighted by molar-refractivity contribution is 0.0933. The summed E-state index contributed by atoms with van der Waals surface area (Å²) in [6, 6.07) is 1.01. The molecule has 0 aromatic heterocycles. The van der Waals surface area contributed by atoms with Crippen molar-refractivity contribution in [2.75, 3.05) is 11.5 Å². The van der Waals surface area contributed by atoms with Crippen LogP contribution in [0.5, 0.6) is 11.5 Å². The van der Waals surface area contributed by atoms with E-state index in [1.54, 1.807) is 23.5 Å². The smallest absolute Gasteiger partial charge is 0.255 e. The zero-order chi connectivity index (χ0) is 20.6. The minimum Gasteiger partial charge on any atom is -0.507 e. The van der Waals surface area contributed by atoms with E-state index in [1.165, 1.54) is 0 Å². The van der Waals surface area contributed by atoms with Crippen molar-refractivity contribution in [2.45, 2.75) is 48.5 Å². The van der Waals surface area contributed by atoms with Gasteiger partial charge in [-0.3, -0.25) is 4.79 Å². The number of fused-ring (bicyclic) bond motifs is 2. The van der Waals surface area contributed by atoms with Crippen LogP contribution in [0.3, 0.4) is 0 Å². The van der Waals surface area contributed by atoms with Gasteiger partial charge in [0.05, 0.1) is 20.8 Å². The molecule has 0 aliphatic carbocycles. The third kappa shape index (κ3) is 4.58. The summed E-state index contributed by atoms with van der Waals surface area (Å²) in [6.45, 7) is 1.92. The number of epoxide rings is 1. The number of carbonyl (C=O) groups is 1. The Morgan fingerprint density at radius 2 is 2.00 bits per heavy atom. The summed E-state index contributed by atoms with van der Waals surface area (Å²) in [5.74, 6) is 1.13. The van der Waals surface area contributed by atoms with Crippen LogP contribution in [0.1, 0.15) is 35.7 Å². The number of carbonyl (C=O) groups excluding carboxylic acids is 1. The maximum Gasteiger partial charge on any atom is 0.255 e. The number of hydrogen-bond acceptors (Lipinski definition) is 6. The second-order valence-electron chi connectivity index (χ2n) is 7.61. The summed E-state index contributed by atoms with van der Waals surface area (Å²) in [5.41, 5.74) is 0.613. The Bertz CT molecular complexity index is 867. The lowest BCUT2D eigenvalue weighted by Gasteiger charge is -2.34. The highest BCUT2D eigenvalue weighted by Gasteiger charge is 2.39. The Balaban J connectivity index is 1.79. The number of phenols is 2. The maximum absolute atomic E-state index is 13.1. The number of amides is 1. The van der Waals surface area contributed by atoms with E-state index in [4.69, 9.17) is 16.3 Å². The van der Waals surface area contributed by atoms with E-state index in [2.05, 4.69) is 11.4 Å². The molecule has 4 rings (SSSR count). The van der Waals surface area contributed by atoms with Crippen molar-refractivity contribution in [2.24, 2.45) is 0 Å². The molecule has 1 aromatic rings. The monoisotopic (exact) mass is 453 g/mol. The van der Waals surface area contributed by atoms with Gasteiger partial charge in [-0.05, 0) is 36.8 Å². The summed E-state index contributed by atoms with van der Waals surface area (Å²) >= 11 is 10.1. The minimum absolute atomic E-state index is 0.0802. The number of hydrogen-bond donors (Lipinski definition) is 3. The second-order valence-corrected chi connectivity index (χ2v) is 11.1. The molecule has 3 aliphatic heterocycles. The Hall–Kier alpha value is -1.28. The lowest BCUT2D eigenvalue weighted by atomic mass is 9.98. The van der Waals surface area contributed by atoms with E-state index < -0.39 is 0 Å². The standard InChI is InChI=1S/C21H24ClNO4S2/c1-12-9-17-16(27-17)5-2-3-6-21(28-7-4-8-29-21)11-13-18(20(26)23-12)14(24)10-15(25)19(13)22/h2-3,5-6,10,12,16-17,24-25H,4,7-9,11H2,1H3,(H,23,26)/t12-,16-,17?/m1/s1. The number of ether oxygens (including phenoxy) is 1. The fourth-order valence-corrected chi connectivity index (χ4v) is 7.13. The van der Waals surface area contributed by atoms with Gasteiger partial charge < -0.3 is 20.3 Å². The van der Waals surface area contributed by atoms with Crippen LogP contribution in [0.4, 0.5) is 0 Å². The second kappa shape index (κ2) is 8.46.